The van der Waals surface area contributed by atoms with Crippen molar-refractivity contribution in [1.82, 2.24) is 5.16 Å². The molecule has 0 fully saturated rings. The van der Waals surface area contributed by atoms with Crippen molar-refractivity contribution >= 4 is 5.97 Å². The number of ether oxygens (including phenoxy) is 2. The van der Waals surface area contributed by atoms with Gasteiger partial charge in [0.2, 0.25) is 0 Å². The number of hydrogen-bond acceptors (Lipinski definition) is 5. The van der Waals surface area contributed by atoms with E-state index in [9.17, 15) is 9.18 Å². The number of carboxylic acid groups (broad SMARTS) is 1. The molecule has 0 aliphatic carbocycles. The summed E-state index contributed by atoms with van der Waals surface area (Å²) in [7, 11) is 1.52. The Balaban J connectivity index is 0.00000187. The number of halogens is 1. The summed E-state index contributed by atoms with van der Waals surface area (Å²) >= 11 is 0. The second kappa shape index (κ2) is 12.6. The number of aryl methyl sites for hydroxylation is 1. The fourth-order valence-corrected chi connectivity index (χ4v) is 3.29. The molecule has 0 saturated heterocycles. The molecule has 33 heavy (non-hydrogen) atoms. The third-order valence-electron chi connectivity index (χ3n) is 4.80. The monoisotopic (exact) mass is 457 g/mol. The molecule has 0 atom stereocenters. The van der Waals surface area contributed by atoms with Crippen molar-refractivity contribution in [2.75, 3.05) is 7.11 Å². The highest BCUT2D eigenvalue weighted by Gasteiger charge is 2.22. The fourth-order valence-electron chi connectivity index (χ4n) is 3.29. The molecule has 178 valence electrons. The van der Waals surface area contributed by atoms with Gasteiger partial charge in [-0.1, -0.05) is 45.0 Å². The summed E-state index contributed by atoms with van der Waals surface area (Å²) in [5.41, 5.74) is 2.57. The van der Waals surface area contributed by atoms with Crippen molar-refractivity contribution in [3.05, 3.63) is 65.1 Å². The molecule has 0 aliphatic rings. The SMILES string of the molecule is CC.COc1ccc(F)c(-c2onc(COc3cccc(CCC(=O)O)c3)c2CC(C)C)c1. The smallest absolute Gasteiger partial charge is 0.303 e. The van der Waals surface area contributed by atoms with Crippen LogP contribution in [0.4, 0.5) is 4.39 Å². The van der Waals surface area contributed by atoms with Crippen LogP contribution in [-0.4, -0.2) is 23.3 Å². The molecule has 1 aromatic heterocycles. The number of rotatable bonds is 10. The van der Waals surface area contributed by atoms with Crippen LogP contribution in [0.15, 0.2) is 47.0 Å². The highest BCUT2D eigenvalue weighted by atomic mass is 19.1. The number of carbonyl (C=O) groups is 1. The molecule has 1 heterocycles. The predicted octanol–water partition coefficient (Wildman–Crippen LogP) is 6.31. The standard InChI is InChI=1S/C24H26FNO5.C2H6/c1-15(2)11-20-22(14-30-18-6-4-5-16(12-18)7-10-23(27)28)26-31-24(20)19-13-17(29-3)8-9-21(19)25;1-2/h4-6,8-9,12-13,15H,7,10-11,14H2,1-3H3,(H,27,28);1-2H3. The summed E-state index contributed by atoms with van der Waals surface area (Å²) in [4.78, 5) is 10.8. The second-order valence-electron chi connectivity index (χ2n) is 7.71. The van der Waals surface area contributed by atoms with Crippen LogP contribution in [-0.2, 0) is 24.2 Å². The van der Waals surface area contributed by atoms with E-state index < -0.39 is 11.8 Å². The topological polar surface area (TPSA) is 81.8 Å². The van der Waals surface area contributed by atoms with E-state index in [4.69, 9.17) is 19.1 Å². The molecule has 3 aromatic rings. The minimum absolute atomic E-state index is 0.0563. The van der Waals surface area contributed by atoms with E-state index in [0.717, 1.165) is 11.1 Å². The van der Waals surface area contributed by atoms with Gasteiger partial charge in [0.15, 0.2) is 5.76 Å². The Kier molecular flexibility index (Phi) is 9.91. The summed E-state index contributed by atoms with van der Waals surface area (Å²) in [6.45, 7) is 8.28. The average Bonchev–Trinajstić information content (AvgIpc) is 3.19. The zero-order valence-electron chi connectivity index (χ0n) is 19.9. The first-order chi connectivity index (χ1) is 15.9. The van der Waals surface area contributed by atoms with E-state index in [1.807, 2.05) is 32.0 Å². The first-order valence-electron chi connectivity index (χ1n) is 11.1. The van der Waals surface area contributed by atoms with Gasteiger partial charge < -0.3 is 19.1 Å². The van der Waals surface area contributed by atoms with Gasteiger partial charge in [0.1, 0.15) is 29.6 Å². The van der Waals surface area contributed by atoms with Gasteiger partial charge in [-0.2, -0.15) is 0 Å². The van der Waals surface area contributed by atoms with Crippen LogP contribution >= 0.6 is 0 Å². The summed E-state index contributed by atoms with van der Waals surface area (Å²) in [5.74, 6) is 0.545. The molecule has 0 spiro atoms. The van der Waals surface area contributed by atoms with Gasteiger partial charge in [-0.15, -0.1) is 0 Å². The molecule has 3 rings (SSSR count). The zero-order chi connectivity index (χ0) is 24.4. The third-order valence-corrected chi connectivity index (χ3v) is 4.80. The predicted molar refractivity (Wildman–Crippen MR) is 125 cm³/mol. The molecule has 2 aromatic carbocycles. The molecule has 1 N–H and O–H groups in total. The Morgan fingerprint density at radius 2 is 1.91 bits per heavy atom. The minimum Gasteiger partial charge on any atom is -0.497 e. The first-order valence-corrected chi connectivity index (χ1v) is 11.1. The lowest BCUT2D eigenvalue weighted by atomic mass is 9.97. The maximum atomic E-state index is 14.5. The van der Waals surface area contributed by atoms with Crippen molar-refractivity contribution in [3.63, 3.8) is 0 Å². The molecule has 0 aliphatic heterocycles. The lowest BCUT2D eigenvalue weighted by Crippen LogP contribution is -2.04. The molecule has 0 bridgehead atoms. The molecule has 0 unspecified atom stereocenters. The number of aliphatic carboxylic acids is 1. The third kappa shape index (κ3) is 7.34. The first kappa shape index (κ1) is 25.9. The number of benzene rings is 2. The van der Waals surface area contributed by atoms with Crippen LogP contribution in [0, 0.1) is 11.7 Å². The van der Waals surface area contributed by atoms with Crippen LogP contribution in [0.5, 0.6) is 11.5 Å². The number of hydrogen-bond donors (Lipinski definition) is 1. The van der Waals surface area contributed by atoms with E-state index >= 15 is 0 Å². The van der Waals surface area contributed by atoms with Crippen LogP contribution in [0.25, 0.3) is 11.3 Å². The van der Waals surface area contributed by atoms with Crippen molar-refractivity contribution in [3.8, 4) is 22.8 Å². The lowest BCUT2D eigenvalue weighted by molar-refractivity contribution is -0.136. The van der Waals surface area contributed by atoms with Gasteiger partial charge in [-0.25, -0.2) is 4.39 Å². The van der Waals surface area contributed by atoms with E-state index in [1.165, 1.54) is 13.2 Å². The van der Waals surface area contributed by atoms with E-state index in [1.54, 1.807) is 18.2 Å². The maximum absolute atomic E-state index is 14.5. The van der Waals surface area contributed by atoms with Crippen molar-refractivity contribution in [2.45, 2.75) is 53.6 Å². The van der Waals surface area contributed by atoms with E-state index in [-0.39, 0.29) is 13.0 Å². The van der Waals surface area contributed by atoms with Gasteiger partial charge in [0.25, 0.3) is 0 Å². The Hall–Kier alpha value is -3.35. The van der Waals surface area contributed by atoms with Crippen LogP contribution in [0.1, 0.15) is 50.9 Å². The largest absolute Gasteiger partial charge is 0.497 e. The second-order valence-corrected chi connectivity index (χ2v) is 7.71. The summed E-state index contributed by atoms with van der Waals surface area (Å²) in [5, 5.41) is 13.0. The summed E-state index contributed by atoms with van der Waals surface area (Å²) < 4.78 is 31.2. The maximum Gasteiger partial charge on any atom is 0.303 e. The van der Waals surface area contributed by atoms with Crippen molar-refractivity contribution in [1.29, 1.82) is 0 Å². The Morgan fingerprint density at radius 1 is 1.15 bits per heavy atom. The molecular formula is C26H32FNO5. The Morgan fingerprint density at radius 3 is 2.58 bits per heavy atom. The normalized spacial score (nSPS) is 10.5. The highest BCUT2D eigenvalue weighted by Crippen LogP contribution is 2.33. The summed E-state index contributed by atoms with van der Waals surface area (Å²) in [6.07, 6.45) is 1.13. The van der Waals surface area contributed by atoms with Gasteiger partial charge in [0, 0.05) is 12.0 Å². The van der Waals surface area contributed by atoms with Crippen LogP contribution < -0.4 is 9.47 Å². The molecule has 0 saturated carbocycles. The molecular weight excluding hydrogens is 425 g/mol. The van der Waals surface area contributed by atoms with Crippen molar-refractivity contribution in [2.24, 2.45) is 5.92 Å². The molecule has 7 heteroatoms. The number of methoxy groups -OCH3 is 1. The Bertz CT molecular complexity index is 1040. The van der Waals surface area contributed by atoms with Crippen LogP contribution in [0.2, 0.25) is 0 Å². The van der Waals surface area contributed by atoms with Gasteiger partial charge in [-0.05, 0) is 54.7 Å². The van der Waals surface area contributed by atoms with E-state index in [0.29, 0.717) is 47.3 Å². The van der Waals surface area contributed by atoms with E-state index in [2.05, 4.69) is 19.0 Å². The lowest BCUT2D eigenvalue weighted by Gasteiger charge is -2.10. The van der Waals surface area contributed by atoms with Crippen LogP contribution in [0.3, 0.4) is 0 Å². The van der Waals surface area contributed by atoms with Gasteiger partial charge in [0.05, 0.1) is 12.7 Å². The van der Waals surface area contributed by atoms with Gasteiger partial charge in [-0.3, -0.25) is 4.79 Å². The highest BCUT2D eigenvalue weighted by molar-refractivity contribution is 5.67. The number of aromatic nitrogens is 1. The average molecular weight is 458 g/mol. The quantitative estimate of drug-likeness (QED) is 0.384. The fraction of sp³-hybridized carbons (Fsp3) is 0.385. The summed E-state index contributed by atoms with van der Waals surface area (Å²) in [6, 6.07) is 11.8. The number of nitrogens with zero attached hydrogens (tertiary/aromatic N) is 1. The molecule has 0 amide bonds. The Labute approximate surface area is 194 Å². The van der Waals surface area contributed by atoms with Gasteiger partial charge >= 0.3 is 5.97 Å². The van der Waals surface area contributed by atoms with Crippen molar-refractivity contribution < 1.29 is 28.3 Å². The molecule has 6 nitrogen and oxygen atoms in total. The zero-order valence-corrected chi connectivity index (χ0v) is 19.9. The number of carboxylic acids is 1. The molecule has 0 radical (unpaired) electrons. The minimum atomic E-state index is -0.843.